The summed E-state index contributed by atoms with van der Waals surface area (Å²) in [4.78, 5) is 12.0. The van der Waals surface area contributed by atoms with Gasteiger partial charge in [0.05, 0.1) is 12.0 Å². The first-order chi connectivity index (χ1) is 7.66. The molecule has 2 rings (SSSR count). The highest BCUT2D eigenvalue weighted by atomic mass is 16.3. The molecular weight excluding hydrogens is 204 g/mol. The Morgan fingerprint density at radius 1 is 1.19 bits per heavy atom. The Balaban J connectivity index is 1.82. The molecule has 0 aromatic heterocycles. The van der Waals surface area contributed by atoms with E-state index in [9.17, 15) is 9.90 Å². The van der Waals surface area contributed by atoms with E-state index in [1.807, 2.05) is 0 Å². The van der Waals surface area contributed by atoms with Crippen molar-refractivity contribution in [2.24, 2.45) is 11.7 Å². The molecular formula is C12H22N2O2. The van der Waals surface area contributed by atoms with Gasteiger partial charge in [0, 0.05) is 12.1 Å². The zero-order valence-corrected chi connectivity index (χ0v) is 9.69. The van der Waals surface area contributed by atoms with Crippen molar-refractivity contribution < 1.29 is 9.90 Å². The van der Waals surface area contributed by atoms with E-state index in [-0.39, 0.29) is 30.0 Å². The average molecular weight is 226 g/mol. The van der Waals surface area contributed by atoms with Crippen LogP contribution in [0.3, 0.4) is 0 Å². The Kier molecular flexibility index (Phi) is 3.82. The van der Waals surface area contributed by atoms with Crippen LogP contribution in [0, 0.1) is 5.92 Å². The van der Waals surface area contributed by atoms with Crippen molar-refractivity contribution >= 4 is 5.91 Å². The van der Waals surface area contributed by atoms with Crippen LogP contribution in [0.1, 0.15) is 44.9 Å². The second-order valence-electron chi connectivity index (χ2n) is 5.23. The number of rotatable bonds is 2. The van der Waals surface area contributed by atoms with Gasteiger partial charge in [-0.25, -0.2) is 0 Å². The van der Waals surface area contributed by atoms with Gasteiger partial charge >= 0.3 is 0 Å². The third-order valence-electron chi connectivity index (χ3n) is 3.90. The molecule has 0 saturated heterocycles. The summed E-state index contributed by atoms with van der Waals surface area (Å²) in [7, 11) is 0. The Bertz CT molecular complexity index is 257. The summed E-state index contributed by atoms with van der Waals surface area (Å²) in [6.07, 6.45) is 6.27. The highest BCUT2D eigenvalue weighted by molar-refractivity contribution is 5.80. The molecule has 0 aromatic carbocycles. The monoisotopic (exact) mass is 226 g/mol. The molecule has 0 heterocycles. The van der Waals surface area contributed by atoms with Crippen LogP contribution >= 0.6 is 0 Å². The number of nitrogens with one attached hydrogen (secondary N) is 1. The highest BCUT2D eigenvalue weighted by Crippen LogP contribution is 2.25. The van der Waals surface area contributed by atoms with Crippen molar-refractivity contribution in [1.82, 2.24) is 5.32 Å². The van der Waals surface area contributed by atoms with Crippen molar-refractivity contribution in [3.05, 3.63) is 0 Å². The Labute approximate surface area is 96.6 Å². The van der Waals surface area contributed by atoms with Crippen molar-refractivity contribution in [2.45, 2.75) is 63.1 Å². The average Bonchev–Trinajstić information content (AvgIpc) is 2.64. The minimum absolute atomic E-state index is 0.000862. The van der Waals surface area contributed by atoms with E-state index < -0.39 is 0 Å². The van der Waals surface area contributed by atoms with Crippen LogP contribution in [0.5, 0.6) is 0 Å². The normalized spacial score (nSPS) is 39.6. The Morgan fingerprint density at radius 2 is 1.94 bits per heavy atom. The number of aliphatic hydroxyl groups is 1. The van der Waals surface area contributed by atoms with Crippen molar-refractivity contribution in [2.75, 3.05) is 0 Å². The van der Waals surface area contributed by atoms with Gasteiger partial charge in [-0.3, -0.25) is 4.79 Å². The maximum Gasteiger partial charge on any atom is 0.224 e. The molecule has 2 fully saturated rings. The summed E-state index contributed by atoms with van der Waals surface area (Å²) in [6.45, 7) is 0. The molecule has 4 atom stereocenters. The zero-order valence-electron chi connectivity index (χ0n) is 9.69. The summed E-state index contributed by atoms with van der Waals surface area (Å²) in [5.41, 5.74) is 5.90. The number of amides is 1. The van der Waals surface area contributed by atoms with E-state index in [4.69, 9.17) is 5.73 Å². The van der Waals surface area contributed by atoms with Gasteiger partial charge in [0.1, 0.15) is 0 Å². The van der Waals surface area contributed by atoms with Crippen molar-refractivity contribution in [3.63, 3.8) is 0 Å². The fourth-order valence-electron chi connectivity index (χ4n) is 2.92. The smallest absolute Gasteiger partial charge is 0.224 e. The highest BCUT2D eigenvalue weighted by Gasteiger charge is 2.32. The minimum atomic E-state index is -0.240. The van der Waals surface area contributed by atoms with E-state index in [1.165, 1.54) is 0 Å². The summed E-state index contributed by atoms with van der Waals surface area (Å²) in [5, 5.41) is 12.6. The van der Waals surface area contributed by atoms with E-state index in [0.717, 1.165) is 38.5 Å². The third-order valence-corrected chi connectivity index (χ3v) is 3.90. The molecule has 2 saturated carbocycles. The fraction of sp³-hybridized carbons (Fsp3) is 0.917. The first-order valence-electron chi connectivity index (χ1n) is 6.41. The summed E-state index contributed by atoms with van der Waals surface area (Å²) in [6, 6.07) is 0.192. The lowest BCUT2D eigenvalue weighted by atomic mass is 9.92. The molecule has 0 radical (unpaired) electrons. The molecule has 92 valence electrons. The molecule has 0 spiro atoms. The van der Waals surface area contributed by atoms with Crippen molar-refractivity contribution in [1.29, 1.82) is 0 Å². The second-order valence-corrected chi connectivity index (χ2v) is 5.23. The van der Waals surface area contributed by atoms with Gasteiger partial charge in [0.25, 0.3) is 0 Å². The quantitative estimate of drug-likeness (QED) is 0.643. The van der Waals surface area contributed by atoms with Crippen LogP contribution < -0.4 is 11.1 Å². The molecule has 2 aliphatic rings. The summed E-state index contributed by atoms with van der Waals surface area (Å²) < 4.78 is 0. The van der Waals surface area contributed by atoms with Gasteiger partial charge < -0.3 is 16.2 Å². The summed E-state index contributed by atoms with van der Waals surface area (Å²) >= 11 is 0. The zero-order chi connectivity index (χ0) is 11.5. The van der Waals surface area contributed by atoms with Gasteiger partial charge in [-0.15, -0.1) is 0 Å². The van der Waals surface area contributed by atoms with Crippen LogP contribution in [0.2, 0.25) is 0 Å². The number of hydrogen-bond acceptors (Lipinski definition) is 3. The molecule has 16 heavy (non-hydrogen) atoms. The number of nitrogens with two attached hydrogens (primary N) is 1. The van der Waals surface area contributed by atoms with E-state index >= 15 is 0 Å². The van der Waals surface area contributed by atoms with E-state index in [1.54, 1.807) is 0 Å². The molecule has 1 amide bonds. The van der Waals surface area contributed by atoms with Crippen LogP contribution in [0.25, 0.3) is 0 Å². The van der Waals surface area contributed by atoms with Crippen LogP contribution in [-0.4, -0.2) is 29.2 Å². The Morgan fingerprint density at radius 3 is 2.56 bits per heavy atom. The largest absolute Gasteiger partial charge is 0.393 e. The number of carbonyl (C=O) groups excluding carboxylic acids is 1. The third kappa shape index (κ3) is 2.74. The van der Waals surface area contributed by atoms with E-state index in [2.05, 4.69) is 5.32 Å². The standard InChI is InChI=1S/C12H22N2O2/c13-11-6-2-5-10(11)12(16)14-8-3-1-4-9(15)7-8/h8-11,15H,1-7,13H2,(H,14,16). The topological polar surface area (TPSA) is 75.4 Å². The first-order valence-corrected chi connectivity index (χ1v) is 6.41. The van der Waals surface area contributed by atoms with Gasteiger partial charge in [0.15, 0.2) is 0 Å². The van der Waals surface area contributed by atoms with Gasteiger partial charge in [0.2, 0.25) is 5.91 Å². The molecule has 2 aliphatic carbocycles. The number of aliphatic hydroxyl groups excluding tert-OH is 1. The van der Waals surface area contributed by atoms with Gasteiger partial charge in [-0.05, 0) is 38.5 Å². The van der Waals surface area contributed by atoms with Crippen LogP contribution in [0.15, 0.2) is 0 Å². The lowest BCUT2D eigenvalue weighted by Gasteiger charge is -2.28. The lowest BCUT2D eigenvalue weighted by Crippen LogP contribution is -2.45. The van der Waals surface area contributed by atoms with Gasteiger partial charge in [-0.2, -0.15) is 0 Å². The maximum absolute atomic E-state index is 12.0. The molecule has 4 heteroatoms. The molecule has 4 nitrogen and oxygen atoms in total. The van der Waals surface area contributed by atoms with Gasteiger partial charge in [-0.1, -0.05) is 6.42 Å². The number of carbonyl (C=O) groups is 1. The predicted octanol–water partition coefficient (Wildman–Crippen LogP) is 0.533. The SMILES string of the molecule is NC1CCCC1C(=O)NC1CCCC(O)C1. The minimum Gasteiger partial charge on any atom is -0.393 e. The molecule has 4 N–H and O–H groups in total. The second kappa shape index (κ2) is 5.15. The first kappa shape index (κ1) is 11.9. The van der Waals surface area contributed by atoms with E-state index in [0.29, 0.717) is 6.42 Å². The molecule has 0 aliphatic heterocycles. The maximum atomic E-state index is 12.0. The molecule has 4 unspecified atom stereocenters. The predicted molar refractivity (Wildman–Crippen MR) is 61.7 cm³/mol. The Hall–Kier alpha value is -0.610. The number of hydrogen-bond donors (Lipinski definition) is 3. The molecule has 0 bridgehead atoms. The van der Waals surface area contributed by atoms with Crippen molar-refractivity contribution in [3.8, 4) is 0 Å². The van der Waals surface area contributed by atoms with Crippen LogP contribution in [-0.2, 0) is 4.79 Å². The summed E-state index contributed by atoms with van der Waals surface area (Å²) in [5.74, 6) is 0.100. The lowest BCUT2D eigenvalue weighted by molar-refractivity contribution is -0.126. The fourth-order valence-corrected chi connectivity index (χ4v) is 2.92. The molecule has 0 aromatic rings. The van der Waals surface area contributed by atoms with Crippen LogP contribution in [0.4, 0.5) is 0 Å².